The smallest absolute Gasteiger partial charge is 0.196 e. The molecule has 0 bridgehead atoms. The number of thiophene rings is 1. The molecule has 0 amide bonds. The van der Waals surface area contributed by atoms with Gasteiger partial charge >= 0.3 is 0 Å². The Kier molecular flexibility index (Phi) is 3.25. The van der Waals surface area contributed by atoms with Crippen molar-refractivity contribution >= 4 is 22.9 Å². The maximum absolute atomic E-state index is 5.79. The standard InChI is InChI=1S/C15H15NO2S/c1-10-14(13-4-3-9-19-13)18-15(10)16-11-5-7-12(17-2)8-6-11/h3-10,14H,1-2H3. The van der Waals surface area contributed by atoms with Crippen LogP contribution in [-0.2, 0) is 4.74 Å². The number of rotatable bonds is 3. The molecule has 0 aliphatic carbocycles. The molecular formula is C15H15NO2S. The summed E-state index contributed by atoms with van der Waals surface area (Å²) in [5, 5.41) is 2.07. The van der Waals surface area contributed by atoms with Crippen LogP contribution in [0.2, 0.25) is 0 Å². The van der Waals surface area contributed by atoms with E-state index in [0.717, 1.165) is 17.3 Å². The second kappa shape index (κ2) is 5.05. The lowest BCUT2D eigenvalue weighted by Crippen LogP contribution is -2.35. The third kappa shape index (κ3) is 2.36. The third-order valence-electron chi connectivity index (χ3n) is 3.23. The maximum atomic E-state index is 5.79. The summed E-state index contributed by atoms with van der Waals surface area (Å²) in [5.74, 6) is 1.98. The van der Waals surface area contributed by atoms with Crippen LogP contribution in [0, 0.1) is 5.92 Å². The molecule has 0 N–H and O–H groups in total. The molecule has 1 aromatic carbocycles. The number of aliphatic imine (C=N–C) groups is 1. The van der Waals surface area contributed by atoms with Gasteiger partial charge in [-0.2, -0.15) is 0 Å². The third-order valence-corrected chi connectivity index (χ3v) is 4.16. The first-order valence-electron chi connectivity index (χ1n) is 6.20. The molecule has 2 unspecified atom stereocenters. The molecule has 1 fully saturated rings. The molecule has 3 nitrogen and oxygen atoms in total. The van der Waals surface area contributed by atoms with Crippen molar-refractivity contribution in [1.82, 2.24) is 0 Å². The normalized spacial score (nSPS) is 23.8. The van der Waals surface area contributed by atoms with E-state index in [0.29, 0.717) is 5.92 Å². The van der Waals surface area contributed by atoms with Crippen molar-refractivity contribution in [1.29, 1.82) is 0 Å². The molecule has 4 heteroatoms. The van der Waals surface area contributed by atoms with Gasteiger partial charge in [0.15, 0.2) is 5.90 Å². The summed E-state index contributed by atoms with van der Waals surface area (Å²) in [6.07, 6.45) is 0.164. The highest BCUT2D eigenvalue weighted by molar-refractivity contribution is 7.10. The minimum atomic E-state index is 0.164. The Hall–Kier alpha value is -1.81. The Morgan fingerprint density at radius 1 is 1.21 bits per heavy atom. The SMILES string of the molecule is COc1ccc(N=C2OC(c3cccs3)C2C)cc1. The van der Waals surface area contributed by atoms with E-state index < -0.39 is 0 Å². The largest absolute Gasteiger partial charge is 0.497 e. The predicted octanol–water partition coefficient (Wildman–Crippen LogP) is 4.19. The van der Waals surface area contributed by atoms with Gasteiger partial charge in [0.05, 0.1) is 18.7 Å². The molecule has 1 aromatic heterocycles. The van der Waals surface area contributed by atoms with Crippen molar-refractivity contribution in [3.05, 3.63) is 46.7 Å². The fourth-order valence-corrected chi connectivity index (χ4v) is 2.92. The highest BCUT2D eigenvalue weighted by atomic mass is 32.1. The van der Waals surface area contributed by atoms with E-state index in [9.17, 15) is 0 Å². The number of hydrogen-bond donors (Lipinski definition) is 0. The van der Waals surface area contributed by atoms with Crippen LogP contribution in [0.25, 0.3) is 0 Å². The second-order valence-corrected chi connectivity index (χ2v) is 5.47. The zero-order chi connectivity index (χ0) is 13.2. The predicted molar refractivity (Wildman–Crippen MR) is 77.4 cm³/mol. The molecule has 3 rings (SSSR count). The van der Waals surface area contributed by atoms with E-state index >= 15 is 0 Å². The Bertz CT molecular complexity index is 575. The van der Waals surface area contributed by atoms with Gasteiger partial charge in [0.1, 0.15) is 11.9 Å². The quantitative estimate of drug-likeness (QED) is 0.839. The van der Waals surface area contributed by atoms with Gasteiger partial charge in [-0.1, -0.05) is 6.07 Å². The Morgan fingerprint density at radius 2 is 2.00 bits per heavy atom. The average Bonchev–Trinajstić information content (AvgIpc) is 2.96. The van der Waals surface area contributed by atoms with Gasteiger partial charge in [-0.25, -0.2) is 4.99 Å². The molecule has 0 saturated carbocycles. The summed E-state index contributed by atoms with van der Waals surface area (Å²) < 4.78 is 10.9. The summed E-state index contributed by atoms with van der Waals surface area (Å²) in [4.78, 5) is 5.79. The molecule has 2 aromatic rings. The van der Waals surface area contributed by atoms with Crippen LogP contribution in [0.5, 0.6) is 5.75 Å². The molecule has 1 aliphatic heterocycles. The number of ether oxygens (including phenoxy) is 2. The molecule has 0 radical (unpaired) electrons. The van der Waals surface area contributed by atoms with Crippen LogP contribution in [0.4, 0.5) is 5.69 Å². The molecule has 2 atom stereocenters. The highest BCUT2D eigenvalue weighted by Gasteiger charge is 2.38. The van der Waals surface area contributed by atoms with Crippen LogP contribution >= 0.6 is 11.3 Å². The first-order valence-corrected chi connectivity index (χ1v) is 7.08. The van der Waals surface area contributed by atoms with E-state index in [4.69, 9.17) is 9.47 Å². The topological polar surface area (TPSA) is 30.8 Å². The Labute approximate surface area is 116 Å². The Morgan fingerprint density at radius 3 is 2.58 bits per heavy atom. The number of benzene rings is 1. The van der Waals surface area contributed by atoms with Crippen LogP contribution in [0.3, 0.4) is 0 Å². The monoisotopic (exact) mass is 273 g/mol. The zero-order valence-corrected chi connectivity index (χ0v) is 11.7. The summed E-state index contributed by atoms with van der Waals surface area (Å²) in [6, 6.07) is 11.8. The number of hydrogen-bond acceptors (Lipinski definition) is 4. The van der Waals surface area contributed by atoms with E-state index in [-0.39, 0.29) is 6.10 Å². The van der Waals surface area contributed by atoms with Crippen molar-refractivity contribution < 1.29 is 9.47 Å². The number of methoxy groups -OCH3 is 1. The molecule has 1 saturated heterocycles. The number of nitrogens with zero attached hydrogens (tertiary/aromatic N) is 1. The van der Waals surface area contributed by atoms with Crippen LogP contribution in [0.15, 0.2) is 46.8 Å². The van der Waals surface area contributed by atoms with E-state index in [1.54, 1.807) is 18.4 Å². The van der Waals surface area contributed by atoms with Crippen LogP contribution in [-0.4, -0.2) is 13.0 Å². The summed E-state index contributed by atoms with van der Waals surface area (Å²) in [7, 11) is 1.66. The highest BCUT2D eigenvalue weighted by Crippen LogP contribution is 2.40. The molecule has 2 heterocycles. The summed E-state index contributed by atoms with van der Waals surface area (Å²) in [6.45, 7) is 2.15. The van der Waals surface area contributed by atoms with Gasteiger partial charge < -0.3 is 9.47 Å². The van der Waals surface area contributed by atoms with Crippen LogP contribution in [0.1, 0.15) is 17.9 Å². The molecular weight excluding hydrogens is 258 g/mol. The second-order valence-electron chi connectivity index (χ2n) is 4.49. The van der Waals surface area contributed by atoms with Gasteiger partial charge in [0.25, 0.3) is 0 Å². The fourth-order valence-electron chi connectivity index (χ4n) is 2.07. The molecule has 98 valence electrons. The lowest BCUT2D eigenvalue weighted by molar-refractivity contribution is 0.0693. The van der Waals surface area contributed by atoms with E-state index in [2.05, 4.69) is 29.4 Å². The zero-order valence-electron chi connectivity index (χ0n) is 10.9. The Balaban J connectivity index is 1.72. The summed E-state index contributed by atoms with van der Waals surface area (Å²) in [5.41, 5.74) is 0.896. The first kappa shape index (κ1) is 12.2. The lowest BCUT2D eigenvalue weighted by atomic mass is 9.97. The van der Waals surface area contributed by atoms with Crippen molar-refractivity contribution in [2.45, 2.75) is 13.0 Å². The summed E-state index contributed by atoms with van der Waals surface area (Å²) >= 11 is 1.73. The van der Waals surface area contributed by atoms with Crippen LogP contribution < -0.4 is 4.74 Å². The van der Waals surface area contributed by atoms with Gasteiger partial charge in [-0.15, -0.1) is 11.3 Å². The van der Waals surface area contributed by atoms with Gasteiger partial charge in [-0.05, 0) is 42.6 Å². The van der Waals surface area contributed by atoms with Crippen molar-refractivity contribution in [3.8, 4) is 5.75 Å². The molecule has 19 heavy (non-hydrogen) atoms. The minimum Gasteiger partial charge on any atom is -0.497 e. The van der Waals surface area contributed by atoms with E-state index in [1.165, 1.54) is 4.88 Å². The van der Waals surface area contributed by atoms with Crippen molar-refractivity contribution in [2.75, 3.05) is 7.11 Å². The van der Waals surface area contributed by atoms with Crippen molar-refractivity contribution in [3.63, 3.8) is 0 Å². The maximum Gasteiger partial charge on any atom is 0.196 e. The first-order chi connectivity index (χ1) is 9.28. The van der Waals surface area contributed by atoms with E-state index in [1.807, 2.05) is 24.3 Å². The van der Waals surface area contributed by atoms with Crippen molar-refractivity contribution in [2.24, 2.45) is 10.9 Å². The van der Waals surface area contributed by atoms with Gasteiger partial charge in [-0.3, -0.25) is 0 Å². The molecule has 0 spiro atoms. The van der Waals surface area contributed by atoms with Gasteiger partial charge in [0.2, 0.25) is 0 Å². The fraction of sp³-hybridized carbons (Fsp3) is 0.267. The lowest BCUT2D eigenvalue weighted by Gasteiger charge is -2.35. The molecule has 1 aliphatic rings. The average molecular weight is 273 g/mol. The van der Waals surface area contributed by atoms with Gasteiger partial charge in [0, 0.05) is 4.88 Å². The minimum absolute atomic E-state index is 0.164.